The predicted octanol–water partition coefficient (Wildman–Crippen LogP) is 5.34. The van der Waals surface area contributed by atoms with Gasteiger partial charge in [0.25, 0.3) is 0 Å². The topological polar surface area (TPSA) is 38.3 Å². The molecule has 0 saturated heterocycles. The van der Waals surface area contributed by atoms with E-state index in [0.29, 0.717) is 6.61 Å². The number of benzene rings is 2. The number of hydrogen-bond acceptors (Lipinski definition) is 3. The number of hydrogen-bond donors (Lipinski definition) is 1. The molecule has 0 radical (unpaired) electrons. The third-order valence-electron chi connectivity index (χ3n) is 2.59. The first-order chi connectivity index (χ1) is 9.61. The van der Waals surface area contributed by atoms with Gasteiger partial charge in [0.05, 0.1) is 6.61 Å². The van der Waals surface area contributed by atoms with Crippen molar-refractivity contribution in [2.45, 2.75) is 18.7 Å². The van der Waals surface area contributed by atoms with Crippen LogP contribution in [0, 0.1) is 6.92 Å². The van der Waals surface area contributed by atoms with Gasteiger partial charge in [-0.25, -0.2) is 0 Å². The molecule has 0 spiro atoms. The van der Waals surface area contributed by atoms with Crippen LogP contribution >= 0.6 is 18.1 Å². The minimum atomic E-state index is -3.01. The molecule has 0 aliphatic heterocycles. The third kappa shape index (κ3) is 4.41. The lowest BCUT2D eigenvalue weighted by Gasteiger charge is -2.19. The van der Waals surface area contributed by atoms with E-state index in [-0.39, 0.29) is 0 Å². The van der Waals surface area contributed by atoms with Crippen LogP contribution in [0.2, 0.25) is 0 Å². The fraction of sp³-hybridized carbons (Fsp3) is 0.200. The minimum absolute atomic E-state index is 0.399. The van der Waals surface area contributed by atoms with Crippen LogP contribution in [0.4, 0.5) is 5.69 Å². The Kier molecular flexibility index (Phi) is 5.30. The molecule has 1 N–H and O–H groups in total. The summed E-state index contributed by atoms with van der Waals surface area (Å²) in [6.45, 7) is 1.25. The van der Waals surface area contributed by atoms with Crippen LogP contribution in [-0.2, 0) is 9.09 Å². The van der Waals surface area contributed by atoms with E-state index in [4.69, 9.17) is 4.52 Å². The molecule has 0 bridgehead atoms. The van der Waals surface area contributed by atoms with Gasteiger partial charge in [-0.2, -0.15) is 0 Å². The van der Waals surface area contributed by atoms with Gasteiger partial charge in [0.15, 0.2) is 0 Å². The maximum atomic E-state index is 12.9. The summed E-state index contributed by atoms with van der Waals surface area (Å²) >= 11 is 1.24. The number of rotatable bonds is 6. The van der Waals surface area contributed by atoms with Gasteiger partial charge in [0.2, 0.25) is 0 Å². The van der Waals surface area contributed by atoms with E-state index in [0.717, 1.165) is 16.1 Å². The SMILES string of the molecule is CCOP(=O)(Nc1ccc(C)cc1)Sc1ccccc1. The second kappa shape index (κ2) is 6.98. The van der Waals surface area contributed by atoms with Gasteiger partial charge in [0, 0.05) is 10.6 Å². The molecule has 0 amide bonds. The zero-order valence-corrected chi connectivity index (χ0v) is 13.3. The van der Waals surface area contributed by atoms with Crippen molar-refractivity contribution < 1.29 is 9.09 Å². The molecule has 2 rings (SSSR count). The van der Waals surface area contributed by atoms with Crippen molar-refractivity contribution in [1.82, 2.24) is 0 Å². The molecule has 1 unspecified atom stereocenters. The molecule has 0 aliphatic carbocycles. The van der Waals surface area contributed by atoms with Crippen molar-refractivity contribution in [2.24, 2.45) is 0 Å². The van der Waals surface area contributed by atoms with Crippen molar-refractivity contribution >= 4 is 23.8 Å². The normalized spacial score (nSPS) is 13.7. The smallest absolute Gasteiger partial charge is 0.307 e. The molecular formula is C15H18NO2PS. The maximum absolute atomic E-state index is 12.9. The fourth-order valence-electron chi connectivity index (χ4n) is 1.66. The fourth-order valence-corrected chi connectivity index (χ4v) is 5.31. The van der Waals surface area contributed by atoms with E-state index in [2.05, 4.69) is 5.09 Å². The summed E-state index contributed by atoms with van der Waals surface area (Å²) in [4.78, 5) is 0.920. The third-order valence-corrected chi connectivity index (χ3v) is 6.38. The Morgan fingerprint density at radius 1 is 1.10 bits per heavy atom. The van der Waals surface area contributed by atoms with E-state index in [1.54, 1.807) is 0 Å². The summed E-state index contributed by atoms with van der Waals surface area (Å²) in [6, 6.07) is 17.4. The van der Waals surface area contributed by atoms with Crippen LogP contribution in [-0.4, -0.2) is 6.61 Å². The molecule has 1 atom stereocenters. The molecule has 0 aliphatic rings. The summed E-state index contributed by atoms with van der Waals surface area (Å²) in [6.07, 6.45) is 0. The monoisotopic (exact) mass is 307 g/mol. The molecule has 20 heavy (non-hydrogen) atoms. The maximum Gasteiger partial charge on any atom is 0.355 e. The quantitative estimate of drug-likeness (QED) is 0.731. The molecule has 0 saturated carbocycles. The van der Waals surface area contributed by atoms with Crippen LogP contribution in [0.5, 0.6) is 0 Å². The summed E-state index contributed by atoms with van der Waals surface area (Å²) in [5.74, 6) is 0. The van der Waals surface area contributed by atoms with E-state index in [1.165, 1.54) is 11.4 Å². The van der Waals surface area contributed by atoms with Crippen molar-refractivity contribution in [3.63, 3.8) is 0 Å². The van der Waals surface area contributed by atoms with E-state index >= 15 is 0 Å². The van der Waals surface area contributed by atoms with E-state index < -0.39 is 6.72 Å². The van der Waals surface area contributed by atoms with Crippen LogP contribution in [0.1, 0.15) is 12.5 Å². The first-order valence-electron chi connectivity index (χ1n) is 6.45. The molecule has 2 aromatic rings. The van der Waals surface area contributed by atoms with E-state index in [1.807, 2.05) is 68.4 Å². The van der Waals surface area contributed by atoms with Gasteiger partial charge in [-0.3, -0.25) is 4.57 Å². The lowest BCUT2D eigenvalue weighted by Crippen LogP contribution is -1.98. The highest BCUT2D eigenvalue weighted by Crippen LogP contribution is 2.61. The van der Waals surface area contributed by atoms with E-state index in [9.17, 15) is 4.57 Å². The average Bonchev–Trinajstić information content (AvgIpc) is 2.42. The number of aryl methyl sites for hydroxylation is 1. The van der Waals surface area contributed by atoms with Gasteiger partial charge in [-0.1, -0.05) is 35.9 Å². The van der Waals surface area contributed by atoms with Gasteiger partial charge >= 0.3 is 6.72 Å². The summed E-state index contributed by atoms with van der Waals surface area (Å²) < 4.78 is 18.3. The Morgan fingerprint density at radius 2 is 1.75 bits per heavy atom. The van der Waals surface area contributed by atoms with Gasteiger partial charge < -0.3 is 9.61 Å². The highest BCUT2D eigenvalue weighted by molar-refractivity contribution is 8.57. The average molecular weight is 307 g/mol. The zero-order valence-electron chi connectivity index (χ0n) is 11.6. The molecule has 0 heterocycles. The number of anilines is 1. The van der Waals surface area contributed by atoms with Crippen LogP contribution in [0.15, 0.2) is 59.5 Å². The van der Waals surface area contributed by atoms with Crippen molar-refractivity contribution in [3.05, 3.63) is 60.2 Å². The Morgan fingerprint density at radius 3 is 2.35 bits per heavy atom. The van der Waals surface area contributed by atoms with Crippen molar-refractivity contribution in [3.8, 4) is 0 Å². The Bertz CT molecular complexity index is 587. The Balaban J connectivity index is 2.16. The summed E-state index contributed by atoms with van der Waals surface area (Å²) in [5, 5.41) is 3.03. The van der Waals surface area contributed by atoms with Crippen LogP contribution in [0.3, 0.4) is 0 Å². The second-order valence-electron chi connectivity index (χ2n) is 4.30. The minimum Gasteiger partial charge on any atom is -0.307 e. The Hall–Kier alpha value is -1.22. The van der Waals surface area contributed by atoms with Crippen molar-refractivity contribution in [1.29, 1.82) is 0 Å². The lowest BCUT2D eigenvalue weighted by molar-refractivity contribution is 0.349. The molecular weight excluding hydrogens is 289 g/mol. The van der Waals surface area contributed by atoms with Gasteiger partial charge in [-0.05, 0) is 49.5 Å². The first kappa shape index (κ1) is 15.2. The predicted molar refractivity (Wildman–Crippen MR) is 86.3 cm³/mol. The highest BCUT2D eigenvalue weighted by Gasteiger charge is 2.24. The molecule has 0 fully saturated rings. The van der Waals surface area contributed by atoms with Crippen molar-refractivity contribution in [2.75, 3.05) is 11.7 Å². The first-order valence-corrected chi connectivity index (χ1v) is 9.50. The standard InChI is InChI=1S/C15H18NO2PS/c1-3-18-19(17,20-15-7-5-4-6-8-15)16-14-11-9-13(2)10-12-14/h4-12H,3H2,1-2H3,(H,16,17). The van der Waals surface area contributed by atoms with Crippen LogP contribution < -0.4 is 5.09 Å². The van der Waals surface area contributed by atoms with Gasteiger partial charge in [-0.15, -0.1) is 0 Å². The highest BCUT2D eigenvalue weighted by atomic mass is 32.7. The molecule has 5 heteroatoms. The number of nitrogens with one attached hydrogen (secondary N) is 1. The summed E-state index contributed by atoms with van der Waals surface area (Å²) in [7, 11) is 0. The largest absolute Gasteiger partial charge is 0.355 e. The second-order valence-corrected chi connectivity index (χ2v) is 8.42. The van der Waals surface area contributed by atoms with Gasteiger partial charge in [0.1, 0.15) is 0 Å². The molecule has 0 aromatic heterocycles. The molecule has 2 aromatic carbocycles. The zero-order chi connectivity index (χ0) is 14.4. The molecule has 3 nitrogen and oxygen atoms in total. The van der Waals surface area contributed by atoms with Crippen LogP contribution in [0.25, 0.3) is 0 Å². The Labute approximate surface area is 124 Å². The molecule has 106 valence electrons. The lowest BCUT2D eigenvalue weighted by atomic mass is 10.2. The summed E-state index contributed by atoms with van der Waals surface area (Å²) in [5.41, 5.74) is 1.97.